The van der Waals surface area contributed by atoms with E-state index in [1.54, 1.807) is 30.8 Å². The molecule has 1 unspecified atom stereocenters. The molecule has 29 heavy (non-hydrogen) atoms. The highest BCUT2D eigenvalue weighted by Crippen LogP contribution is 2.31. The number of pyridine rings is 1. The molecule has 0 saturated carbocycles. The van der Waals surface area contributed by atoms with E-state index in [4.69, 9.17) is 9.52 Å². The fourth-order valence-corrected chi connectivity index (χ4v) is 3.58. The minimum absolute atomic E-state index is 0.153. The Kier molecular flexibility index (Phi) is 4.34. The van der Waals surface area contributed by atoms with Crippen molar-refractivity contribution in [3.8, 4) is 11.3 Å². The average Bonchev–Trinajstić information content (AvgIpc) is 3.03. The van der Waals surface area contributed by atoms with Crippen molar-refractivity contribution >= 4 is 28.1 Å². The number of nitrogens with zero attached hydrogens (tertiary/aromatic N) is 3. The van der Waals surface area contributed by atoms with Gasteiger partial charge in [-0.3, -0.25) is 9.48 Å². The lowest BCUT2D eigenvalue weighted by molar-refractivity contribution is 0.191. The third-order valence-corrected chi connectivity index (χ3v) is 4.93. The SMILES string of the molecule is Cc1cc(C(C)NC(=O)O)c2oc(-c3cnc4nn(C)cc4c3)c(C)c(=O)c2c1. The summed E-state index contributed by atoms with van der Waals surface area (Å²) in [6, 6.07) is 4.91. The molecule has 3 heterocycles. The summed E-state index contributed by atoms with van der Waals surface area (Å²) in [5, 5.41) is 17.0. The molecular formula is C21H20N4O4. The smallest absolute Gasteiger partial charge is 0.405 e. The van der Waals surface area contributed by atoms with Gasteiger partial charge in [-0.25, -0.2) is 9.78 Å². The van der Waals surface area contributed by atoms with Crippen LogP contribution in [0.2, 0.25) is 0 Å². The summed E-state index contributed by atoms with van der Waals surface area (Å²) in [7, 11) is 1.81. The van der Waals surface area contributed by atoms with Gasteiger partial charge in [-0.05, 0) is 38.5 Å². The number of benzene rings is 1. The molecule has 0 aliphatic rings. The standard InChI is InChI=1S/C21H20N4O4/c1-10-5-15(12(3)23-21(27)28)19-16(6-10)17(26)11(2)18(29-19)13-7-14-9-25(4)24-20(14)22-8-13/h5-9,12,23H,1-4H3,(H,27,28). The normalized spacial score (nSPS) is 12.4. The molecule has 8 nitrogen and oxygen atoms in total. The quantitative estimate of drug-likeness (QED) is 0.550. The van der Waals surface area contributed by atoms with E-state index < -0.39 is 12.1 Å². The Morgan fingerprint density at radius 1 is 1.28 bits per heavy atom. The van der Waals surface area contributed by atoms with Gasteiger partial charge in [-0.1, -0.05) is 6.07 Å². The summed E-state index contributed by atoms with van der Waals surface area (Å²) in [5.74, 6) is 0.411. The molecule has 0 aliphatic carbocycles. The average molecular weight is 392 g/mol. The molecular weight excluding hydrogens is 372 g/mol. The van der Waals surface area contributed by atoms with E-state index in [0.29, 0.717) is 39.1 Å². The summed E-state index contributed by atoms with van der Waals surface area (Å²) in [5.41, 5.74) is 3.41. The van der Waals surface area contributed by atoms with E-state index in [9.17, 15) is 9.59 Å². The number of nitrogens with one attached hydrogen (secondary N) is 1. The highest BCUT2D eigenvalue weighted by atomic mass is 16.4. The Bertz CT molecular complexity index is 1340. The first-order valence-corrected chi connectivity index (χ1v) is 9.12. The molecule has 0 saturated heterocycles. The van der Waals surface area contributed by atoms with Crippen molar-refractivity contribution in [2.75, 3.05) is 0 Å². The predicted octanol–water partition coefficient (Wildman–Crippen LogP) is 3.69. The van der Waals surface area contributed by atoms with Crippen LogP contribution in [0.1, 0.15) is 29.7 Å². The number of aryl methyl sites for hydroxylation is 2. The molecule has 4 rings (SSSR count). The van der Waals surface area contributed by atoms with Gasteiger partial charge in [0.25, 0.3) is 0 Å². The van der Waals surface area contributed by atoms with Crippen LogP contribution in [0, 0.1) is 13.8 Å². The highest BCUT2D eigenvalue weighted by Gasteiger charge is 2.20. The zero-order valence-corrected chi connectivity index (χ0v) is 16.5. The third-order valence-electron chi connectivity index (χ3n) is 4.93. The molecule has 148 valence electrons. The Balaban J connectivity index is 1.99. The van der Waals surface area contributed by atoms with Crippen molar-refractivity contribution in [2.24, 2.45) is 7.05 Å². The molecule has 3 aromatic heterocycles. The Labute approximate surface area is 165 Å². The molecule has 0 aliphatic heterocycles. The second-order valence-electron chi connectivity index (χ2n) is 7.23. The minimum atomic E-state index is -1.15. The fraction of sp³-hybridized carbons (Fsp3) is 0.238. The van der Waals surface area contributed by atoms with Crippen molar-refractivity contribution in [3.63, 3.8) is 0 Å². The summed E-state index contributed by atoms with van der Waals surface area (Å²) < 4.78 is 7.88. The first-order valence-electron chi connectivity index (χ1n) is 9.12. The molecule has 4 aromatic rings. The summed E-state index contributed by atoms with van der Waals surface area (Å²) >= 11 is 0. The van der Waals surface area contributed by atoms with Gasteiger partial charge in [0.15, 0.2) is 11.1 Å². The maximum atomic E-state index is 13.1. The lowest BCUT2D eigenvalue weighted by atomic mass is 9.99. The van der Waals surface area contributed by atoms with Crippen LogP contribution < -0.4 is 10.7 Å². The first kappa shape index (κ1) is 18.7. The van der Waals surface area contributed by atoms with Crippen molar-refractivity contribution in [2.45, 2.75) is 26.8 Å². The molecule has 2 N–H and O–H groups in total. The number of aromatic nitrogens is 3. The van der Waals surface area contributed by atoms with Crippen molar-refractivity contribution in [1.29, 1.82) is 0 Å². The maximum absolute atomic E-state index is 13.1. The molecule has 1 aromatic carbocycles. The van der Waals surface area contributed by atoms with Crippen molar-refractivity contribution in [3.05, 3.63) is 57.5 Å². The van der Waals surface area contributed by atoms with Gasteiger partial charge in [0.1, 0.15) is 11.3 Å². The summed E-state index contributed by atoms with van der Waals surface area (Å²) in [6.45, 7) is 5.29. The Hall–Kier alpha value is -3.68. The summed E-state index contributed by atoms with van der Waals surface area (Å²) in [6.07, 6.45) is 2.32. The van der Waals surface area contributed by atoms with Crippen LogP contribution in [0.25, 0.3) is 33.3 Å². The van der Waals surface area contributed by atoms with Crippen LogP contribution in [0.4, 0.5) is 4.79 Å². The minimum Gasteiger partial charge on any atom is -0.465 e. The number of carbonyl (C=O) groups is 1. The van der Waals surface area contributed by atoms with Crippen LogP contribution in [0.15, 0.2) is 39.8 Å². The van der Waals surface area contributed by atoms with E-state index in [1.807, 2.05) is 32.3 Å². The van der Waals surface area contributed by atoms with E-state index in [1.165, 1.54) is 0 Å². The topological polar surface area (TPSA) is 110 Å². The van der Waals surface area contributed by atoms with E-state index in [-0.39, 0.29) is 5.43 Å². The molecule has 0 radical (unpaired) electrons. The second-order valence-corrected chi connectivity index (χ2v) is 7.23. The van der Waals surface area contributed by atoms with Gasteiger partial charge in [0, 0.05) is 41.5 Å². The van der Waals surface area contributed by atoms with Crippen LogP contribution in [-0.2, 0) is 7.05 Å². The highest BCUT2D eigenvalue weighted by molar-refractivity contribution is 5.86. The lowest BCUT2D eigenvalue weighted by Gasteiger charge is -2.16. The number of amides is 1. The van der Waals surface area contributed by atoms with Crippen LogP contribution in [0.5, 0.6) is 0 Å². The second kappa shape index (κ2) is 6.73. The number of carboxylic acid groups (broad SMARTS) is 1. The molecule has 1 atom stereocenters. The van der Waals surface area contributed by atoms with Gasteiger partial charge in [-0.2, -0.15) is 5.10 Å². The summed E-state index contributed by atoms with van der Waals surface area (Å²) in [4.78, 5) is 28.6. The predicted molar refractivity (Wildman–Crippen MR) is 109 cm³/mol. The number of hydrogen-bond acceptors (Lipinski definition) is 5. The maximum Gasteiger partial charge on any atom is 0.405 e. The molecule has 0 spiro atoms. The van der Waals surface area contributed by atoms with E-state index in [2.05, 4.69) is 15.4 Å². The number of fused-ring (bicyclic) bond motifs is 2. The molecule has 1 amide bonds. The zero-order chi connectivity index (χ0) is 20.9. The fourth-order valence-electron chi connectivity index (χ4n) is 3.58. The largest absolute Gasteiger partial charge is 0.465 e. The van der Waals surface area contributed by atoms with Crippen LogP contribution >= 0.6 is 0 Å². The third kappa shape index (κ3) is 3.22. The monoisotopic (exact) mass is 392 g/mol. The van der Waals surface area contributed by atoms with Crippen molar-refractivity contribution < 1.29 is 14.3 Å². The van der Waals surface area contributed by atoms with Gasteiger partial charge >= 0.3 is 6.09 Å². The van der Waals surface area contributed by atoms with Crippen LogP contribution in [0.3, 0.4) is 0 Å². The van der Waals surface area contributed by atoms with Crippen molar-refractivity contribution in [1.82, 2.24) is 20.1 Å². The molecule has 0 fully saturated rings. The molecule has 0 bridgehead atoms. The van der Waals surface area contributed by atoms with Gasteiger partial charge in [0.2, 0.25) is 0 Å². The number of hydrogen-bond donors (Lipinski definition) is 2. The Morgan fingerprint density at radius 2 is 2.03 bits per heavy atom. The van der Waals surface area contributed by atoms with Gasteiger partial charge in [0.05, 0.1) is 11.4 Å². The van der Waals surface area contributed by atoms with E-state index >= 15 is 0 Å². The number of rotatable bonds is 3. The zero-order valence-electron chi connectivity index (χ0n) is 16.5. The van der Waals surface area contributed by atoms with E-state index in [0.717, 1.165) is 10.9 Å². The van der Waals surface area contributed by atoms with Gasteiger partial charge < -0.3 is 14.8 Å². The first-order chi connectivity index (χ1) is 13.7. The Morgan fingerprint density at radius 3 is 2.76 bits per heavy atom. The van der Waals surface area contributed by atoms with Gasteiger partial charge in [-0.15, -0.1) is 0 Å². The van der Waals surface area contributed by atoms with Crippen LogP contribution in [-0.4, -0.2) is 26.0 Å². The molecule has 8 heteroatoms. The lowest BCUT2D eigenvalue weighted by Crippen LogP contribution is -2.25.